The van der Waals surface area contributed by atoms with E-state index in [0.717, 1.165) is 12.1 Å². The van der Waals surface area contributed by atoms with E-state index in [-0.39, 0.29) is 34.0 Å². The predicted octanol–water partition coefficient (Wildman–Crippen LogP) is -4.33. The maximum absolute atomic E-state index is 2.55. The lowest BCUT2D eigenvalue weighted by molar-refractivity contribution is -0.692. The molecule has 0 aliphatic carbocycles. The summed E-state index contributed by atoms with van der Waals surface area (Å²) in [5.41, 5.74) is 0. The fourth-order valence-electron chi connectivity index (χ4n) is 2.42. The Kier molecular flexibility index (Phi) is 24.7. The molecular weight excluding hydrogens is 368 g/mol. The summed E-state index contributed by atoms with van der Waals surface area (Å²) in [5.74, 6) is 0. The van der Waals surface area contributed by atoms with Gasteiger partial charge in [0.15, 0.2) is 0 Å². The van der Waals surface area contributed by atoms with Gasteiger partial charge in [0.25, 0.3) is 0 Å². The molecule has 0 heterocycles. The first-order chi connectivity index (χ1) is 8.28. The maximum Gasteiger partial charge on any atom is 0.0853 e. The van der Waals surface area contributed by atoms with Gasteiger partial charge in [0, 0.05) is 0 Å². The lowest BCUT2D eigenvalue weighted by Crippen LogP contribution is -3.00. The average Bonchev–Trinajstić information content (AvgIpc) is 2.37. The van der Waals surface area contributed by atoms with Crippen molar-refractivity contribution in [3.8, 4) is 0 Å². The van der Waals surface area contributed by atoms with Crippen molar-refractivity contribution in [3.05, 3.63) is 0 Å². The first kappa shape index (κ1) is 24.9. The fraction of sp³-hybridized carbons (Fsp3) is 1.00. The van der Waals surface area contributed by atoms with Crippen molar-refractivity contribution in [3.63, 3.8) is 0 Å². The van der Waals surface area contributed by atoms with E-state index in [1.807, 2.05) is 0 Å². The molecule has 120 valence electrons. The quantitative estimate of drug-likeness (QED) is 0.309. The molecule has 0 radical (unpaired) electrons. The highest BCUT2D eigenvalue weighted by Crippen LogP contribution is 1.93. The van der Waals surface area contributed by atoms with Gasteiger partial charge in [-0.3, -0.25) is 0 Å². The molecule has 4 N–H and O–H groups in total. The van der Waals surface area contributed by atoms with Crippen molar-refractivity contribution in [1.82, 2.24) is 0 Å². The molecule has 0 saturated carbocycles. The molecular formula is C15H36Br2N2. The smallest absolute Gasteiger partial charge is 0.0853 e. The van der Waals surface area contributed by atoms with Gasteiger partial charge in [-0.25, -0.2) is 0 Å². The molecule has 0 aromatic rings. The van der Waals surface area contributed by atoms with E-state index in [1.165, 1.54) is 58.0 Å². The molecule has 0 aromatic heterocycles. The van der Waals surface area contributed by atoms with E-state index in [9.17, 15) is 0 Å². The van der Waals surface area contributed by atoms with Crippen LogP contribution in [0.2, 0.25) is 0 Å². The Hall–Kier alpha value is 0.880. The molecule has 0 atom stereocenters. The molecule has 0 aliphatic rings. The van der Waals surface area contributed by atoms with Crippen LogP contribution >= 0.6 is 0 Å². The Morgan fingerprint density at radius 2 is 0.895 bits per heavy atom. The molecule has 4 heteroatoms. The van der Waals surface area contributed by atoms with Crippen molar-refractivity contribution in [2.75, 3.05) is 13.1 Å². The van der Waals surface area contributed by atoms with Gasteiger partial charge in [0.05, 0.1) is 25.2 Å². The number of quaternary nitrogens is 2. The summed E-state index contributed by atoms with van der Waals surface area (Å²) < 4.78 is 0. The Balaban J connectivity index is -0.00000128. The van der Waals surface area contributed by atoms with Crippen molar-refractivity contribution < 1.29 is 44.6 Å². The number of nitrogens with two attached hydrogens (primary N) is 2. The van der Waals surface area contributed by atoms with Crippen LogP contribution in [0.4, 0.5) is 0 Å². The zero-order valence-electron chi connectivity index (χ0n) is 13.4. The summed E-state index contributed by atoms with van der Waals surface area (Å²) in [6.45, 7) is 11.9. The highest BCUT2D eigenvalue weighted by atomic mass is 79.9. The zero-order valence-corrected chi connectivity index (χ0v) is 16.6. The summed E-state index contributed by atoms with van der Waals surface area (Å²) in [6, 6.07) is 1.73. The number of rotatable bonds is 12. The van der Waals surface area contributed by atoms with Gasteiger partial charge in [-0.1, -0.05) is 27.7 Å². The third-order valence-electron chi connectivity index (χ3n) is 4.01. The van der Waals surface area contributed by atoms with Crippen LogP contribution in [0.25, 0.3) is 0 Å². The third-order valence-corrected chi connectivity index (χ3v) is 4.01. The molecule has 0 fully saturated rings. The molecule has 0 saturated heterocycles. The predicted molar refractivity (Wildman–Crippen MR) is 76.2 cm³/mol. The van der Waals surface area contributed by atoms with Gasteiger partial charge >= 0.3 is 0 Å². The Morgan fingerprint density at radius 1 is 0.579 bits per heavy atom. The largest absolute Gasteiger partial charge is 1.00 e. The van der Waals surface area contributed by atoms with Crippen LogP contribution in [0.3, 0.4) is 0 Å². The second-order valence-electron chi connectivity index (χ2n) is 5.26. The number of hydrogen-bond acceptors (Lipinski definition) is 0. The zero-order chi connectivity index (χ0) is 12.9. The van der Waals surface area contributed by atoms with Gasteiger partial charge in [-0.2, -0.15) is 0 Å². The third kappa shape index (κ3) is 15.1. The Labute approximate surface area is 142 Å². The van der Waals surface area contributed by atoms with Crippen LogP contribution in [-0.4, -0.2) is 25.2 Å². The van der Waals surface area contributed by atoms with E-state index >= 15 is 0 Å². The van der Waals surface area contributed by atoms with Gasteiger partial charge in [0.2, 0.25) is 0 Å². The number of halogens is 2. The molecule has 19 heavy (non-hydrogen) atoms. The molecule has 0 unspecified atom stereocenters. The minimum Gasteiger partial charge on any atom is -1.00 e. The second kappa shape index (κ2) is 18.9. The molecule has 0 bridgehead atoms. The number of hydrogen-bond donors (Lipinski definition) is 2. The van der Waals surface area contributed by atoms with Gasteiger partial charge in [-0.05, 0) is 44.9 Å². The first-order valence-electron chi connectivity index (χ1n) is 7.94. The van der Waals surface area contributed by atoms with E-state index in [4.69, 9.17) is 0 Å². The van der Waals surface area contributed by atoms with Crippen LogP contribution < -0.4 is 44.6 Å². The fourth-order valence-corrected chi connectivity index (χ4v) is 2.42. The molecule has 0 amide bonds. The maximum atomic E-state index is 2.55. The van der Waals surface area contributed by atoms with Crippen LogP contribution in [-0.2, 0) is 0 Å². The molecule has 0 rings (SSSR count). The summed E-state index contributed by atoms with van der Waals surface area (Å²) in [5, 5.41) is 5.09. The van der Waals surface area contributed by atoms with Gasteiger partial charge < -0.3 is 44.6 Å². The molecule has 0 aliphatic heterocycles. The van der Waals surface area contributed by atoms with Crippen LogP contribution in [0, 0.1) is 0 Å². The number of unbranched alkanes of at least 4 members (excludes halogenated alkanes) is 2. The highest BCUT2D eigenvalue weighted by molar-refractivity contribution is 4.47. The Bertz CT molecular complexity index is 133. The lowest BCUT2D eigenvalue weighted by Gasteiger charge is -2.12. The minimum absolute atomic E-state index is 0. The van der Waals surface area contributed by atoms with Gasteiger partial charge in [-0.15, -0.1) is 0 Å². The molecule has 0 aromatic carbocycles. The van der Waals surface area contributed by atoms with E-state index in [2.05, 4.69) is 38.3 Å². The normalized spacial score (nSPS) is 10.4. The first-order valence-corrected chi connectivity index (χ1v) is 7.94. The van der Waals surface area contributed by atoms with Gasteiger partial charge in [0.1, 0.15) is 0 Å². The van der Waals surface area contributed by atoms with Crippen molar-refractivity contribution >= 4 is 0 Å². The SMILES string of the molecule is CCC(CC)[NH2+]CCCCC[NH2+]C(CC)CC.[Br-].[Br-]. The monoisotopic (exact) mass is 402 g/mol. The van der Waals surface area contributed by atoms with Crippen LogP contribution in [0.5, 0.6) is 0 Å². The van der Waals surface area contributed by atoms with E-state index in [0.29, 0.717) is 0 Å². The Morgan fingerprint density at radius 3 is 1.16 bits per heavy atom. The van der Waals surface area contributed by atoms with Crippen molar-refractivity contribution in [2.45, 2.75) is 84.7 Å². The highest BCUT2D eigenvalue weighted by Gasteiger charge is 2.06. The average molecular weight is 404 g/mol. The van der Waals surface area contributed by atoms with Crippen molar-refractivity contribution in [2.24, 2.45) is 0 Å². The summed E-state index contributed by atoms with van der Waals surface area (Å²) in [4.78, 5) is 0. The van der Waals surface area contributed by atoms with E-state index < -0.39 is 0 Å². The molecule has 2 nitrogen and oxygen atoms in total. The standard InChI is InChI=1S/C15H34N2.2BrH/c1-5-14(6-2)16-12-10-9-11-13-17-15(7-3)8-4;;/h14-17H,5-13H2,1-4H3;2*1H. The minimum atomic E-state index is 0. The summed E-state index contributed by atoms with van der Waals surface area (Å²) in [7, 11) is 0. The topological polar surface area (TPSA) is 33.2 Å². The summed E-state index contributed by atoms with van der Waals surface area (Å²) >= 11 is 0. The summed E-state index contributed by atoms with van der Waals surface area (Å²) in [6.07, 6.45) is 9.48. The second-order valence-corrected chi connectivity index (χ2v) is 5.26. The lowest BCUT2D eigenvalue weighted by atomic mass is 10.1. The van der Waals surface area contributed by atoms with Crippen molar-refractivity contribution in [1.29, 1.82) is 0 Å². The van der Waals surface area contributed by atoms with E-state index in [1.54, 1.807) is 0 Å². The van der Waals surface area contributed by atoms with Crippen LogP contribution in [0.15, 0.2) is 0 Å². The molecule has 0 spiro atoms. The van der Waals surface area contributed by atoms with Crippen LogP contribution in [0.1, 0.15) is 72.6 Å².